The van der Waals surface area contributed by atoms with E-state index in [0.29, 0.717) is 35.4 Å². The van der Waals surface area contributed by atoms with Gasteiger partial charge in [-0.1, -0.05) is 11.6 Å². The highest BCUT2D eigenvalue weighted by molar-refractivity contribution is 6.32. The second kappa shape index (κ2) is 8.40. The minimum atomic E-state index is -0.432. The molecule has 1 saturated heterocycles. The highest BCUT2D eigenvalue weighted by Crippen LogP contribution is 2.36. The van der Waals surface area contributed by atoms with Crippen molar-refractivity contribution in [3.05, 3.63) is 17.2 Å². The van der Waals surface area contributed by atoms with Crippen molar-refractivity contribution in [3.63, 3.8) is 0 Å². The van der Waals surface area contributed by atoms with Crippen molar-refractivity contribution in [1.29, 1.82) is 0 Å². The molecule has 0 aromatic heterocycles. The van der Waals surface area contributed by atoms with Crippen LogP contribution in [0.4, 0.5) is 5.69 Å². The molecule has 1 heterocycles. The number of rotatable bonds is 7. The van der Waals surface area contributed by atoms with Crippen LogP contribution in [-0.2, 0) is 14.3 Å². The quantitative estimate of drug-likeness (QED) is 0.796. The van der Waals surface area contributed by atoms with Gasteiger partial charge in [0.2, 0.25) is 11.8 Å². The van der Waals surface area contributed by atoms with Gasteiger partial charge in [0.15, 0.2) is 0 Å². The largest absolute Gasteiger partial charge is 0.495 e. The summed E-state index contributed by atoms with van der Waals surface area (Å²) in [7, 11) is 4.56. The first kappa shape index (κ1) is 19.3. The lowest BCUT2D eigenvalue weighted by molar-refractivity contribution is -0.130. The Balaban J connectivity index is 2.11. The standard InChI is InChI=1S/C17H23ClN2O5/c1-10(9-23-2)20-8-11(5-16(20)21)17(22)19-13-7-14(24-3)12(18)6-15(13)25-4/h6-7,10-11H,5,8-9H2,1-4H3,(H,19,22)/t10-,11-/m1/s1. The number of halogens is 1. The van der Waals surface area contributed by atoms with E-state index in [1.165, 1.54) is 14.2 Å². The molecule has 2 rings (SSSR count). The lowest BCUT2D eigenvalue weighted by Gasteiger charge is -2.24. The third-order valence-electron chi connectivity index (χ3n) is 4.20. The van der Waals surface area contributed by atoms with Crippen molar-refractivity contribution >= 4 is 29.1 Å². The van der Waals surface area contributed by atoms with E-state index in [1.807, 2.05) is 6.92 Å². The lowest BCUT2D eigenvalue weighted by atomic mass is 10.1. The topological polar surface area (TPSA) is 77.1 Å². The van der Waals surface area contributed by atoms with E-state index in [-0.39, 0.29) is 24.3 Å². The molecule has 7 nitrogen and oxygen atoms in total. The number of anilines is 1. The van der Waals surface area contributed by atoms with Crippen LogP contribution in [0.1, 0.15) is 13.3 Å². The van der Waals surface area contributed by atoms with Gasteiger partial charge in [-0.3, -0.25) is 9.59 Å². The molecular weight excluding hydrogens is 348 g/mol. The van der Waals surface area contributed by atoms with Gasteiger partial charge < -0.3 is 24.4 Å². The van der Waals surface area contributed by atoms with E-state index in [9.17, 15) is 9.59 Å². The van der Waals surface area contributed by atoms with Gasteiger partial charge in [0, 0.05) is 32.2 Å². The van der Waals surface area contributed by atoms with Gasteiger partial charge in [-0.2, -0.15) is 0 Å². The highest BCUT2D eigenvalue weighted by atomic mass is 35.5. The zero-order chi connectivity index (χ0) is 18.6. The lowest BCUT2D eigenvalue weighted by Crippen LogP contribution is -2.38. The van der Waals surface area contributed by atoms with Gasteiger partial charge in [-0.05, 0) is 6.92 Å². The zero-order valence-corrected chi connectivity index (χ0v) is 15.6. The molecule has 0 radical (unpaired) electrons. The molecule has 1 N–H and O–H groups in total. The van der Waals surface area contributed by atoms with Gasteiger partial charge in [-0.25, -0.2) is 0 Å². The Bertz CT molecular complexity index is 652. The van der Waals surface area contributed by atoms with Crippen LogP contribution in [0.25, 0.3) is 0 Å². The molecule has 0 bridgehead atoms. The summed E-state index contributed by atoms with van der Waals surface area (Å²) in [5, 5.41) is 3.19. The molecule has 25 heavy (non-hydrogen) atoms. The number of likely N-dealkylation sites (tertiary alicyclic amines) is 1. The molecule has 0 aliphatic carbocycles. The van der Waals surface area contributed by atoms with Crippen molar-refractivity contribution in [1.82, 2.24) is 4.90 Å². The van der Waals surface area contributed by atoms with E-state index in [1.54, 1.807) is 24.1 Å². The zero-order valence-electron chi connectivity index (χ0n) is 14.8. The van der Waals surface area contributed by atoms with Crippen LogP contribution < -0.4 is 14.8 Å². The van der Waals surface area contributed by atoms with Crippen LogP contribution in [-0.4, -0.2) is 57.2 Å². The van der Waals surface area contributed by atoms with Crippen LogP contribution in [0.5, 0.6) is 11.5 Å². The van der Waals surface area contributed by atoms with Crippen molar-refractivity contribution in [2.75, 3.05) is 39.8 Å². The average molecular weight is 371 g/mol. The molecule has 2 amide bonds. The van der Waals surface area contributed by atoms with Crippen LogP contribution in [0.3, 0.4) is 0 Å². The number of carbonyl (C=O) groups is 2. The molecule has 0 saturated carbocycles. The van der Waals surface area contributed by atoms with Gasteiger partial charge >= 0.3 is 0 Å². The van der Waals surface area contributed by atoms with Gasteiger partial charge in [0.25, 0.3) is 0 Å². The predicted octanol–water partition coefficient (Wildman–Crippen LogP) is 2.18. The fourth-order valence-corrected chi connectivity index (χ4v) is 3.09. The summed E-state index contributed by atoms with van der Waals surface area (Å²) in [6, 6.07) is 3.10. The number of methoxy groups -OCH3 is 3. The molecule has 1 aromatic rings. The molecule has 1 aromatic carbocycles. The Kier molecular flexibility index (Phi) is 6.50. The Hall–Kier alpha value is -1.99. The Morgan fingerprint density at radius 3 is 2.60 bits per heavy atom. The number of ether oxygens (including phenoxy) is 3. The Labute approximate surface area is 152 Å². The highest BCUT2D eigenvalue weighted by Gasteiger charge is 2.36. The fourth-order valence-electron chi connectivity index (χ4n) is 2.86. The van der Waals surface area contributed by atoms with Crippen molar-refractivity contribution in [2.45, 2.75) is 19.4 Å². The normalized spacial score (nSPS) is 18.2. The Morgan fingerprint density at radius 2 is 2.00 bits per heavy atom. The van der Waals surface area contributed by atoms with Crippen LogP contribution in [0, 0.1) is 5.92 Å². The average Bonchev–Trinajstić information content (AvgIpc) is 2.98. The van der Waals surface area contributed by atoms with E-state index < -0.39 is 5.92 Å². The molecule has 1 fully saturated rings. The van der Waals surface area contributed by atoms with E-state index >= 15 is 0 Å². The summed E-state index contributed by atoms with van der Waals surface area (Å²) >= 11 is 6.07. The number of carbonyl (C=O) groups excluding carboxylic acids is 2. The fraction of sp³-hybridized carbons (Fsp3) is 0.529. The van der Waals surface area contributed by atoms with Crippen molar-refractivity contribution in [2.24, 2.45) is 5.92 Å². The SMILES string of the molecule is COC[C@@H](C)N1C[C@H](C(=O)Nc2cc(OC)c(Cl)cc2OC)CC1=O. The maximum absolute atomic E-state index is 12.6. The molecule has 8 heteroatoms. The molecule has 0 unspecified atom stereocenters. The molecule has 0 spiro atoms. The van der Waals surface area contributed by atoms with Gasteiger partial charge in [0.05, 0.1) is 43.5 Å². The van der Waals surface area contributed by atoms with Crippen molar-refractivity contribution in [3.8, 4) is 11.5 Å². The Morgan fingerprint density at radius 1 is 1.32 bits per heavy atom. The second-order valence-corrected chi connectivity index (χ2v) is 6.33. The van der Waals surface area contributed by atoms with E-state index in [4.69, 9.17) is 25.8 Å². The summed E-state index contributed by atoms with van der Waals surface area (Å²) in [5.41, 5.74) is 0.449. The second-order valence-electron chi connectivity index (χ2n) is 5.93. The van der Waals surface area contributed by atoms with Crippen molar-refractivity contribution < 1.29 is 23.8 Å². The van der Waals surface area contributed by atoms with Crippen LogP contribution in [0.15, 0.2) is 12.1 Å². The summed E-state index contributed by atoms with van der Waals surface area (Å²) in [6.07, 6.45) is 0.174. The smallest absolute Gasteiger partial charge is 0.229 e. The number of nitrogens with one attached hydrogen (secondary N) is 1. The molecular formula is C17H23ClN2O5. The third-order valence-corrected chi connectivity index (χ3v) is 4.50. The maximum Gasteiger partial charge on any atom is 0.229 e. The van der Waals surface area contributed by atoms with Crippen LogP contribution in [0.2, 0.25) is 5.02 Å². The molecule has 138 valence electrons. The first-order valence-electron chi connectivity index (χ1n) is 7.92. The number of amides is 2. The first-order chi connectivity index (χ1) is 11.9. The predicted molar refractivity (Wildman–Crippen MR) is 94.3 cm³/mol. The number of hydrogen-bond donors (Lipinski definition) is 1. The summed E-state index contributed by atoms with van der Waals surface area (Å²) in [6.45, 7) is 2.69. The minimum Gasteiger partial charge on any atom is -0.495 e. The molecule has 1 aliphatic rings. The molecule has 1 aliphatic heterocycles. The van der Waals surface area contributed by atoms with Crippen LogP contribution >= 0.6 is 11.6 Å². The number of benzene rings is 1. The summed E-state index contributed by atoms with van der Waals surface area (Å²) < 4.78 is 15.5. The number of nitrogens with zero attached hydrogens (tertiary/aromatic N) is 1. The molecule has 2 atom stereocenters. The van der Waals surface area contributed by atoms with Gasteiger partial charge in [-0.15, -0.1) is 0 Å². The summed E-state index contributed by atoms with van der Waals surface area (Å²) in [4.78, 5) is 26.4. The van der Waals surface area contributed by atoms with E-state index in [2.05, 4.69) is 5.32 Å². The van der Waals surface area contributed by atoms with Gasteiger partial charge in [0.1, 0.15) is 11.5 Å². The summed E-state index contributed by atoms with van der Waals surface area (Å²) in [5.74, 6) is 0.121. The van der Waals surface area contributed by atoms with E-state index in [0.717, 1.165) is 0 Å². The third kappa shape index (κ3) is 4.35. The minimum absolute atomic E-state index is 0.0506. The first-order valence-corrected chi connectivity index (χ1v) is 8.29. The maximum atomic E-state index is 12.6. The number of hydrogen-bond acceptors (Lipinski definition) is 5. The monoisotopic (exact) mass is 370 g/mol.